The van der Waals surface area contributed by atoms with Gasteiger partial charge in [-0.25, -0.2) is 0 Å². The second-order valence-electron chi connectivity index (χ2n) is 7.67. The van der Waals surface area contributed by atoms with Gasteiger partial charge in [0.2, 0.25) is 5.91 Å². The maximum Gasteiger partial charge on any atom is 0.222 e. The number of aliphatic hydroxyl groups is 1. The van der Waals surface area contributed by atoms with E-state index in [9.17, 15) is 9.90 Å². The molecule has 2 atom stereocenters. The van der Waals surface area contributed by atoms with Crippen LogP contribution in [0.3, 0.4) is 0 Å². The predicted octanol–water partition coefficient (Wildman–Crippen LogP) is 2.18. The lowest BCUT2D eigenvalue weighted by atomic mass is 9.95. The lowest BCUT2D eigenvalue weighted by Crippen LogP contribution is -2.37. The summed E-state index contributed by atoms with van der Waals surface area (Å²) in [6.07, 6.45) is 5.07. The van der Waals surface area contributed by atoms with Gasteiger partial charge in [-0.1, -0.05) is 24.6 Å². The number of piperidine rings is 1. The molecule has 5 heteroatoms. The molecule has 1 aromatic rings. The molecule has 2 aliphatic rings. The summed E-state index contributed by atoms with van der Waals surface area (Å²) in [7, 11) is 1.66. The van der Waals surface area contributed by atoms with Gasteiger partial charge in [-0.05, 0) is 49.9 Å². The van der Waals surface area contributed by atoms with Crippen molar-refractivity contribution in [2.24, 2.45) is 11.8 Å². The molecule has 0 aromatic heterocycles. The largest absolute Gasteiger partial charge is 0.496 e. The molecule has 2 heterocycles. The first-order valence-electron chi connectivity index (χ1n) is 9.94. The molecule has 0 aliphatic carbocycles. The van der Waals surface area contributed by atoms with Crippen molar-refractivity contribution in [3.8, 4) is 5.75 Å². The number of hydrogen-bond donors (Lipinski definition) is 1. The quantitative estimate of drug-likeness (QED) is 0.810. The van der Waals surface area contributed by atoms with Crippen LogP contribution in [0.5, 0.6) is 5.75 Å². The van der Waals surface area contributed by atoms with Crippen LogP contribution >= 0.6 is 0 Å². The van der Waals surface area contributed by atoms with Gasteiger partial charge in [0.25, 0.3) is 0 Å². The van der Waals surface area contributed by atoms with Crippen LogP contribution in [0.1, 0.15) is 31.2 Å². The number of aryl methyl sites for hydroxylation is 1. The average molecular weight is 360 g/mol. The molecule has 0 saturated carbocycles. The number of ether oxygens (including phenoxy) is 1. The predicted molar refractivity (Wildman–Crippen MR) is 102 cm³/mol. The summed E-state index contributed by atoms with van der Waals surface area (Å²) in [5.41, 5.74) is 1.08. The fourth-order valence-corrected chi connectivity index (χ4v) is 4.34. The maximum atomic E-state index is 12.7. The van der Waals surface area contributed by atoms with Gasteiger partial charge in [-0.2, -0.15) is 0 Å². The molecule has 2 aliphatic heterocycles. The number of carbonyl (C=O) groups is 1. The number of benzene rings is 1. The van der Waals surface area contributed by atoms with Gasteiger partial charge >= 0.3 is 0 Å². The average Bonchev–Trinajstić information content (AvgIpc) is 3.10. The summed E-state index contributed by atoms with van der Waals surface area (Å²) in [6, 6.07) is 7.88. The lowest BCUT2D eigenvalue weighted by molar-refractivity contribution is -0.130. The van der Waals surface area contributed by atoms with Crippen LogP contribution in [0.25, 0.3) is 0 Å². The number of amides is 1. The van der Waals surface area contributed by atoms with Crippen LogP contribution in [0.2, 0.25) is 0 Å². The van der Waals surface area contributed by atoms with Gasteiger partial charge in [0.05, 0.1) is 7.11 Å². The summed E-state index contributed by atoms with van der Waals surface area (Å²) in [6.45, 7) is 5.00. The molecule has 0 unspecified atom stereocenters. The van der Waals surface area contributed by atoms with E-state index < -0.39 is 0 Å². The first-order chi connectivity index (χ1) is 12.7. The fraction of sp³-hybridized carbons (Fsp3) is 0.667. The van der Waals surface area contributed by atoms with E-state index in [0.717, 1.165) is 37.5 Å². The highest BCUT2D eigenvalue weighted by atomic mass is 16.5. The van der Waals surface area contributed by atoms with Crippen molar-refractivity contribution in [1.82, 2.24) is 9.80 Å². The number of methoxy groups -OCH3 is 1. The standard InChI is InChI=1S/C21H32N2O3/c1-26-20-8-4-3-7-17(20)9-10-21(25)23-14-18(19(15-23)16-24)13-22-11-5-2-6-12-22/h3-4,7-8,18-19,24H,2,5-6,9-16H2,1H3/t18-,19-/m1/s1. The van der Waals surface area contributed by atoms with E-state index in [0.29, 0.717) is 25.3 Å². The molecule has 1 N–H and O–H groups in total. The van der Waals surface area contributed by atoms with Crippen LogP contribution in [0.15, 0.2) is 24.3 Å². The Morgan fingerprint density at radius 1 is 1.15 bits per heavy atom. The number of rotatable bonds is 7. The third kappa shape index (κ3) is 4.77. The molecule has 1 amide bonds. The van der Waals surface area contributed by atoms with Gasteiger partial charge in [0.15, 0.2) is 0 Å². The third-order valence-electron chi connectivity index (χ3n) is 5.91. The van der Waals surface area contributed by atoms with Crippen LogP contribution < -0.4 is 4.74 Å². The Bertz CT molecular complexity index is 586. The zero-order valence-corrected chi connectivity index (χ0v) is 15.9. The molecule has 144 valence electrons. The van der Waals surface area contributed by atoms with Crippen LogP contribution in [0.4, 0.5) is 0 Å². The molecule has 2 saturated heterocycles. The lowest BCUT2D eigenvalue weighted by Gasteiger charge is -2.30. The number of para-hydroxylation sites is 1. The minimum absolute atomic E-state index is 0.175. The Morgan fingerprint density at radius 3 is 2.62 bits per heavy atom. The number of likely N-dealkylation sites (tertiary alicyclic amines) is 2. The van der Waals surface area contributed by atoms with E-state index in [-0.39, 0.29) is 18.4 Å². The number of hydrogen-bond acceptors (Lipinski definition) is 4. The summed E-state index contributed by atoms with van der Waals surface area (Å²) in [4.78, 5) is 17.2. The van der Waals surface area contributed by atoms with Crippen LogP contribution in [-0.4, -0.2) is 67.3 Å². The summed E-state index contributed by atoms with van der Waals surface area (Å²) in [5, 5.41) is 9.77. The van der Waals surface area contributed by atoms with Crippen molar-refractivity contribution >= 4 is 5.91 Å². The Morgan fingerprint density at radius 2 is 1.88 bits per heavy atom. The smallest absolute Gasteiger partial charge is 0.222 e. The van der Waals surface area contributed by atoms with E-state index in [1.54, 1.807) is 7.11 Å². The molecule has 0 bridgehead atoms. The van der Waals surface area contributed by atoms with Crippen molar-refractivity contribution < 1.29 is 14.6 Å². The molecule has 1 aromatic carbocycles. The Balaban J connectivity index is 1.52. The number of aliphatic hydroxyl groups excluding tert-OH is 1. The van der Waals surface area contributed by atoms with Crippen LogP contribution in [-0.2, 0) is 11.2 Å². The summed E-state index contributed by atoms with van der Waals surface area (Å²) < 4.78 is 5.38. The SMILES string of the molecule is COc1ccccc1CCC(=O)N1C[C@@H](CN2CCCCC2)[C@@H](CO)C1. The second kappa shape index (κ2) is 9.38. The maximum absolute atomic E-state index is 12.7. The Hall–Kier alpha value is -1.59. The second-order valence-corrected chi connectivity index (χ2v) is 7.67. The molecule has 2 fully saturated rings. The number of carbonyl (C=O) groups excluding carboxylic acids is 1. The van der Waals surface area contributed by atoms with E-state index >= 15 is 0 Å². The Kier molecular flexibility index (Phi) is 6.92. The van der Waals surface area contributed by atoms with Crippen molar-refractivity contribution in [3.05, 3.63) is 29.8 Å². The van der Waals surface area contributed by atoms with Crippen molar-refractivity contribution in [1.29, 1.82) is 0 Å². The van der Waals surface area contributed by atoms with Gasteiger partial charge in [-0.3, -0.25) is 4.79 Å². The molecular weight excluding hydrogens is 328 g/mol. The van der Waals surface area contributed by atoms with Crippen molar-refractivity contribution in [3.63, 3.8) is 0 Å². The summed E-state index contributed by atoms with van der Waals surface area (Å²) >= 11 is 0. The van der Waals surface area contributed by atoms with Crippen LogP contribution in [0, 0.1) is 11.8 Å². The highest BCUT2D eigenvalue weighted by Gasteiger charge is 2.35. The first kappa shape index (κ1) is 19.2. The third-order valence-corrected chi connectivity index (χ3v) is 5.91. The molecule has 0 radical (unpaired) electrons. The topological polar surface area (TPSA) is 53.0 Å². The molecule has 3 rings (SSSR count). The van der Waals surface area contributed by atoms with E-state index in [2.05, 4.69) is 4.90 Å². The van der Waals surface area contributed by atoms with Crippen molar-refractivity contribution in [2.45, 2.75) is 32.1 Å². The zero-order chi connectivity index (χ0) is 18.4. The number of nitrogens with zero attached hydrogens (tertiary/aromatic N) is 2. The van der Waals surface area contributed by atoms with Crippen molar-refractivity contribution in [2.75, 3.05) is 46.4 Å². The highest BCUT2D eigenvalue weighted by molar-refractivity contribution is 5.77. The van der Waals surface area contributed by atoms with E-state index in [4.69, 9.17) is 4.74 Å². The van der Waals surface area contributed by atoms with Gasteiger partial charge < -0.3 is 19.6 Å². The first-order valence-corrected chi connectivity index (χ1v) is 9.94. The highest BCUT2D eigenvalue weighted by Crippen LogP contribution is 2.27. The molecule has 26 heavy (non-hydrogen) atoms. The molecular formula is C21H32N2O3. The fourth-order valence-electron chi connectivity index (χ4n) is 4.34. The monoisotopic (exact) mass is 360 g/mol. The molecule has 5 nitrogen and oxygen atoms in total. The summed E-state index contributed by atoms with van der Waals surface area (Å²) in [5.74, 6) is 1.65. The Labute approximate surface area is 156 Å². The zero-order valence-electron chi connectivity index (χ0n) is 15.9. The minimum Gasteiger partial charge on any atom is -0.496 e. The van der Waals surface area contributed by atoms with Gasteiger partial charge in [0.1, 0.15) is 5.75 Å². The van der Waals surface area contributed by atoms with Gasteiger partial charge in [-0.15, -0.1) is 0 Å². The van der Waals surface area contributed by atoms with E-state index in [1.807, 2.05) is 29.2 Å². The van der Waals surface area contributed by atoms with E-state index in [1.165, 1.54) is 19.3 Å². The minimum atomic E-state index is 0.175. The van der Waals surface area contributed by atoms with Gasteiger partial charge in [0, 0.05) is 38.6 Å². The molecule has 0 spiro atoms. The normalized spacial score (nSPS) is 24.0.